The van der Waals surface area contributed by atoms with E-state index in [2.05, 4.69) is 33.6 Å². The van der Waals surface area contributed by atoms with Crippen LogP contribution >= 0.6 is 0 Å². The maximum Gasteiger partial charge on any atom is 0.274 e. The van der Waals surface area contributed by atoms with Gasteiger partial charge in [-0.3, -0.25) is 4.79 Å². The Morgan fingerprint density at radius 1 is 1.00 bits per heavy atom. The fraction of sp³-hybridized carbons (Fsp3) is 0.227. The molecule has 1 heterocycles. The number of carbonyl (C=O) groups is 1. The molecule has 0 saturated heterocycles. The molecule has 1 amide bonds. The highest BCUT2D eigenvalue weighted by atomic mass is 16.5. The molecule has 29 heavy (non-hydrogen) atoms. The lowest BCUT2D eigenvalue weighted by molar-refractivity contribution is 0.102. The second kappa shape index (κ2) is 9.05. The van der Waals surface area contributed by atoms with Crippen molar-refractivity contribution < 1.29 is 14.3 Å². The average molecular weight is 392 g/mol. The first-order chi connectivity index (χ1) is 14.0. The maximum atomic E-state index is 12.8. The summed E-state index contributed by atoms with van der Waals surface area (Å²) in [6.07, 6.45) is 0.887. The molecule has 0 saturated carbocycles. The highest BCUT2D eigenvalue weighted by molar-refractivity contribution is 6.04. The first-order valence-electron chi connectivity index (χ1n) is 9.28. The van der Waals surface area contributed by atoms with Gasteiger partial charge in [0.1, 0.15) is 28.8 Å². The van der Waals surface area contributed by atoms with Gasteiger partial charge >= 0.3 is 0 Å². The van der Waals surface area contributed by atoms with Crippen molar-refractivity contribution in [2.75, 3.05) is 24.9 Å². The summed E-state index contributed by atoms with van der Waals surface area (Å²) in [6, 6.07) is 14.8. The predicted octanol–water partition coefficient (Wildman–Crippen LogP) is 4.36. The number of hydrogen-bond acceptors (Lipinski definition) is 6. The van der Waals surface area contributed by atoms with Gasteiger partial charge in [0.2, 0.25) is 0 Å². The lowest BCUT2D eigenvalue weighted by atomic mass is 10.1. The zero-order chi connectivity index (χ0) is 20.8. The Kier molecular flexibility index (Phi) is 6.29. The van der Waals surface area contributed by atoms with Gasteiger partial charge in [-0.15, -0.1) is 0 Å². The first kappa shape index (κ1) is 20.1. The van der Waals surface area contributed by atoms with Crippen LogP contribution in [0.1, 0.15) is 28.8 Å². The number of nitrogens with one attached hydrogen (secondary N) is 2. The van der Waals surface area contributed by atoms with E-state index in [0.29, 0.717) is 28.8 Å². The SMILES string of the molecule is CCc1ccccc1Nc1cc(C(=O)Nc2ccc(OC)cc2OC)nc(C)n1. The second-order valence-electron chi connectivity index (χ2n) is 6.34. The molecule has 0 aliphatic rings. The number of carbonyl (C=O) groups excluding carboxylic acids is 1. The molecule has 0 aliphatic carbocycles. The van der Waals surface area contributed by atoms with Gasteiger partial charge in [-0.25, -0.2) is 9.97 Å². The summed E-state index contributed by atoms with van der Waals surface area (Å²) in [5.41, 5.74) is 2.90. The summed E-state index contributed by atoms with van der Waals surface area (Å²) in [6.45, 7) is 3.84. The summed E-state index contributed by atoms with van der Waals surface area (Å²) in [5, 5.41) is 6.12. The molecule has 3 rings (SSSR count). The maximum absolute atomic E-state index is 12.8. The summed E-state index contributed by atoms with van der Waals surface area (Å²) in [4.78, 5) is 21.5. The van der Waals surface area contributed by atoms with Crippen molar-refractivity contribution in [3.8, 4) is 11.5 Å². The Hall–Kier alpha value is -3.61. The summed E-state index contributed by atoms with van der Waals surface area (Å²) >= 11 is 0. The molecular formula is C22H24N4O3. The molecule has 2 N–H and O–H groups in total. The standard InChI is InChI=1S/C22H24N4O3/c1-5-15-8-6-7-9-17(15)25-21-13-19(23-14(2)24-21)22(27)26-18-11-10-16(28-3)12-20(18)29-4/h6-13H,5H2,1-4H3,(H,26,27)(H,23,24,25). The van der Waals surface area contributed by atoms with Gasteiger partial charge in [0.25, 0.3) is 5.91 Å². The van der Waals surface area contributed by atoms with Gasteiger partial charge < -0.3 is 20.1 Å². The van der Waals surface area contributed by atoms with Crippen molar-refractivity contribution in [2.24, 2.45) is 0 Å². The molecule has 1 aromatic heterocycles. The van der Waals surface area contributed by atoms with E-state index in [1.165, 1.54) is 7.11 Å². The van der Waals surface area contributed by atoms with Crippen molar-refractivity contribution in [1.82, 2.24) is 9.97 Å². The van der Waals surface area contributed by atoms with E-state index in [1.54, 1.807) is 38.3 Å². The fourth-order valence-corrected chi connectivity index (χ4v) is 2.92. The van der Waals surface area contributed by atoms with Crippen molar-refractivity contribution >= 4 is 23.1 Å². The molecule has 3 aromatic rings. The number of nitrogens with zero attached hydrogens (tertiary/aromatic N) is 2. The molecule has 0 unspecified atom stereocenters. The Morgan fingerprint density at radius 3 is 2.52 bits per heavy atom. The van der Waals surface area contributed by atoms with E-state index in [9.17, 15) is 4.79 Å². The van der Waals surface area contributed by atoms with Crippen LogP contribution in [0.3, 0.4) is 0 Å². The van der Waals surface area contributed by atoms with E-state index in [-0.39, 0.29) is 11.6 Å². The van der Waals surface area contributed by atoms with Crippen LogP contribution < -0.4 is 20.1 Å². The highest BCUT2D eigenvalue weighted by Gasteiger charge is 2.14. The number of aryl methyl sites for hydroxylation is 2. The highest BCUT2D eigenvalue weighted by Crippen LogP contribution is 2.29. The third-order valence-corrected chi connectivity index (χ3v) is 4.39. The molecule has 0 atom stereocenters. The second-order valence-corrected chi connectivity index (χ2v) is 6.34. The molecule has 0 fully saturated rings. The topological polar surface area (TPSA) is 85.4 Å². The van der Waals surface area contributed by atoms with Gasteiger partial charge in [-0.2, -0.15) is 0 Å². The summed E-state index contributed by atoms with van der Waals surface area (Å²) < 4.78 is 10.5. The van der Waals surface area contributed by atoms with Crippen LogP contribution in [0.15, 0.2) is 48.5 Å². The molecule has 7 nitrogen and oxygen atoms in total. The smallest absolute Gasteiger partial charge is 0.274 e. The predicted molar refractivity (Wildman–Crippen MR) is 113 cm³/mol. The number of para-hydroxylation sites is 1. The van der Waals surface area contributed by atoms with E-state index >= 15 is 0 Å². The Bertz CT molecular complexity index is 1020. The van der Waals surface area contributed by atoms with Crippen molar-refractivity contribution in [3.05, 3.63) is 65.6 Å². The van der Waals surface area contributed by atoms with Crippen molar-refractivity contribution in [3.63, 3.8) is 0 Å². The Labute approximate surface area is 170 Å². The van der Waals surface area contributed by atoms with Crippen LogP contribution in [0.2, 0.25) is 0 Å². The monoisotopic (exact) mass is 392 g/mol. The third-order valence-electron chi connectivity index (χ3n) is 4.39. The van der Waals surface area contributed by atoms with E-state index in [0.717, 1.165) is 17.7 Å². The minimum absolute atomic E-state index is 0.256. The number of rotatable bonds is 7. The molecule has 7 heteroatoms. The number of benzene rings is 2. The Balaban J connectivity index is 1.85. The average Bonchev–Trinajstić information content (AvgIpc) is 2.74. The van der Waals surface area contributed by atoms with Crippen molar-refractivity contribution in [1.29, 1.82) is 0 Å². The summed E-state index contributed by atoms with van der Waals surface area (Å²) in [5.74, 6) is 1.84. The van der Waals surface area contributed by atoms with Gasteiger partial charge in [0.05, 0.1) is 19.9 Å². The zero-order valence-electron chi connectivity index (χ0n) is 16.9. The van der Waals surface area contributed by atoms with Crippen LogP contribution in [-0.2, 0) is 6.42 Å². The van der Waals surface area contributed by atoms with Gasteiger partial charge in [0.15, 0.2) is 0 Å². The van der Waals surface area contributed by atoms with Crippen LogP contribution in [0.25, 0.3) is 0 Å². The van der Waals surface area contributed by atoms with Crippen LogP contribution in [0.4, 0.5) is 17.2 Å². The summed E-state index contributed by atoms with van der Waals surface area (Å²) in [7, 11) is 3.11. The quantitative estimate of drug-likeness (QED) is 0.621. The molecule has 150 valence electrons. The zero-order valence-corrected chi connectivity index (χ0v) is 16.9. The van der Waals surface area contributed by atoms with E-state index in [1.807, 2.05) is 18.2 Å². The molecule has 0 radical (unpaired) electrons. The number of ether oxygens (including phenoxy) is 2. The van der Waals surface area contributed by atoms with Crippen molar-refractivity contribution in [2.45, 2.75) is 20.3 Å². The number of anilines is 3. The van der Waals surface area contributed by atoms with Gasteiger partial charge in [-0.05, 0) is 37.1 Å². The van der Waals surface area contributed by atoms with Gasteiger partial charge in [0, 0.05) is 17.8 Å². The molecule has 2 aromatic carbocycles. The Morgan fingerprint density at radius 2 is 1.79 bits per heavy atom. The van der Waals surface area contributed by atoms with Gasteiger partial charge in [-0.1, -0.05) is 25.1 Å². The molecule has 0 aliphatic heterocycles. The number of hydrogen-bond donors (Lipinski definition) is 2. The molecular weight excluding hydrogens is 368 g/mol. The van der Waals surface area contributed by atoms with Crippen LogP contribution in [-0.4, -0.2) is 30.1 Å². The first-order valence-corrected chi connectivity index (χ1v) is 9.28. The lowest BCUT2D eigenvalue weighted by Gasteiger charge is -2.13. The largest absolute Gasteiger partial charge is 0.497 e. The number of amides is 1. The van der Waals surface area contributed by atoms with Crippen LogP contribution in [0.5, 0.6) is 11.5 Å². The normalized spacial score (nSPS) is 10.3. The minimum atomic E-state index is -0.356. The minimum Gasteiger partial charge on any atom is -0.497 e. The van der Waals surface area contributed by atoms with Crippen LogP contribution in [0, 0.1) is 6.92 Å². The van der Waals surface area contributed by atoms with E-state index in [4.69, 9.17) is 9.47 Å². The third kappa shape index (κ3) is 4.82. The molecule has 0 bridgehead atoms. The molecule has 0 spiro atoms. The lowest BCUT2D eigenvalue weighted by Crippen LogP contribution is -2.16. The fourth-order valence-electron chi connectivity index (χ4n) is 2.92. The van der Waals surface area contributed by atoms with E-state index < -0.39 is 0 Å². The number of methoxy groups -OCH3 is 2. The number of aromatic nitrogens is 2.